The van der Waals surface area contributed by atoms with Gasteiger partial charge in [0.15, 0.2) is 16.7 Å². The second kappa shape index (κ2) is 7.87. The van der Waals surface area contributed by atoms with Crippen molar-refractivity contribution in [1.82, 2.24) is 14.8 Å². The summed E-state index contributed by atoms with van der Waals surface area (Å²) in [7, 11) is 3.09. The molecule has 0 saturated carbocycles. The quantitative estimate of drug-likeness (QED) is 0.524. The number of esters is 1. The second-order valence-electron chi connectivity index (χ2n) is 5.22. The normalized spacial score (nSPS) is 10.5. The molecule has 9 heteroatoms. The number of ether oxygens (including phenoxy) is 1. The molecule has 1 aromatic carbocycles. The van der Waals surface area contributed by atoms with Crippen LogP contribution in [0.1, 0.15) is 10.4 Å². The van der Waals surface area contributed by atoms with Gasteiger partial charge in [-0.05, 0) is 24.3 Å². The number of carbonyl (C=O) groups excluding carboxylic acids is 2. The van der Waals surface area contributed by atoms with E-state index >= 15 is 0 Å². The molecule has 0 bridgehead atoms. The fraction of sp³-hybridized carbons (Fsp3) is 0.176. The molecule has 0 aliphatic rings. The number of rotatable bonds is 6. The molecular formula is C17H16N4O4S. The molecule has 26 heavy (non-hydrogen) atoms. The standard InChI is InChI=1S/C17H16N4O4S/c1-21-15(13-8-5-9-25-13)19-20-17(21)26-10-14(22)18-12-7-4-3-6-11(12)16(23)24-2/h3-9H,10H2,1-2H3,(H,18,22). The molecule has 1 amide bonds. The van der Waals surface area contributed by atoms with Gasteiger partial charge in [-0.3, -0.25) is 4.79 Å². The number of nitrogens with zero attached hydrogens (tertiary/aromatic N) is 3. The van der Waals surface area contributed by atoms with Crippen LogP contribution < -0.4 is 5.32 Å². The largest absolute Gasteiger partial charge is 0.465 e. The van der Waals surface area contributed by atoms with Crippen molar-refractivity contribution in [3.8, 4) is 11.6 Å². The summed E-state index contributed by atoms with van der Waals surface area (Å²) in [5.41, 5.74) is 0.700. The van der Waals surface area contributed by atoms with Gasteiger partial charge in [-0.25, -0.2) is 4.79 Å². The molecule has 0 radical (unpaired) electrons. The van der Waals surface area contributed by atoms with Crippen molar-refractivity contribution in [3.05, 3.63) is 48.2 Å². The van der Waals surface area contributed by atoms with Gasteiger partial charge in [-0.15, -0.1) is 10.2 Å². The number of aromatic nitrogens is 3. The summed E-state index contributed by atoms with van der Waals surface area (Å²) in [6, 6.07) is 10.2. The highest BCUT2D eigenvalue weighted by Crippen LogP contribution is 2.23. The van der Waals surface area contributed by atoms with E-state index in [9.17, 15) is 9.59 Å². The predicted molar refractivity (Wildman–Crippen MR) is 95.8 cm³/mol. The highest BCUT2D eigenvalue weighted by molar-refractivity contribution is 7.99. The van der Waals surface area contributed by atoms with Crippen molar-refractivity contribution in [2.24, 2.45) is 7.05 Å². The first kappa shape index (κ1) is 17.7. The molecule has 0 spiro atoms. The van der Waals surface area contributed by atoms with Crippen LogP contribution in [0.4, 0.5) is 5.69 Å². The average Bonchev–Trinajstić information content (AvgIpc) is 3.29. The van der Waals surface area contributed by atoms with Gasteiger partial charge in [0.05, 0.1) is 30.4 Å². The third kappa shape index (κ3) is 3.77. The van der Waals surface area contributed by atoms with Crippen LogP contribution in [0.15, 0.2) is 52.2 Å². The molecule has 3 rings (SSSR count). The fourth-order valence-corrected chi connectivity index (χ4v) is 2.97. The summed E-state index contributed by atoms with van der Waals surface area (Å²) in [5.74, 6) is 0.510. The fourth-order valence-electron chi connectivity index (χ4n) is 2.26. The lowest BCUT2D eigenvalue weighted by molar-refractivity contribution is -0.113. The van der Waals surface area contributed by atoms with Crippen molar-refractivity contribution in [3.63, 3.8) is 0 Å². The van der Waals surface area contributed by atoms with Crippen molar-refractivity contribution in [2.75, 3.05) is 18.2 Å². The van der Waals surface area contributed by atoms with Gasteiger partial charge in [0, 0.05) is 7.05 Å². The number of methoxy groups -OCH3 is 1. The lowest BCUT2D eigenvalue weighted by atomic mass is 10.2. The minimum absolute atomic E-state index is 0.111. The molecule has 2 aromatic heterocycles. The first-order valence-electron chi connectivity index (χ1n) is 7.63. The SMILES string of the molecule is COC(=O)c1ccccc1NC(=O)CSc1nnc(-c2ccco2)n1C. The summed E-state index contributed by atoms with van der Waals surface area (Å²) in [6.45, 7) is 0. The van der Waals surface area contributed by atoms with E-state index in [1.165, 1.54) is 18.9 Å². The Labute approximate surface area is 153 Å². The Balaban J connectivity index is 1.65. The Kier molecular flexibility index (Phi) is 5.37. The maximum Gasteiger partial charge on any atom is 0.339 e. The van der Waals surface area contributed by atoms with E-state index in [1.54, 1.807) is 54.3 Å². The van der Waals surface area contributed by atoms with Crippen molar-refractivity contribution in [1.29, 1.82) is 0 Å². The van der Waals surface area contributed by atoms with Crippen molar-refractivity contribution < 1.29 is 18.7 Å². The average molecular weight is 372 g/mol. The minimum atomic E-state index is -0.509. The Bertz CT molecular complexity index is 921. The summed E-state index contributed by atoms with van der Waals surface area (Å²) >= 11 is 1.23. The monoisotopic (exact) mass is 372 g/mol. The Morgan fingerprint density at radius 3 is 2.77 bits per heavy atom. The van der Waals surface area contributed by atoms with Crippen LogP contribution in [0.25, 0.3) is 11.6 Å². The van der Waals surface area contributed by atoms with Crippen molar-refractivity contribution >= 4 is 29.3 Å². The number of hydrogen-bond acceptors (Lipinski definition) is 7. The Morgan fingerprint density at radius 1 is 1.23 bits per heavy atom. The lowest BCUT2D eigenvalue weighted by Crippen LogP contribution is -2.17. The number of furan rings is 1. The zero-order valence-corrected chi connectivity index (χ0v) is 14.9. The van der Waals surface area contributed by atoms with Crippen LogP contribution in [0.5, 0.6) is 0 Å². The molecule has 0 saturated heterocycles. The van der Waals surface area contributed by atoms with Crippen LogP contribution in [0.3, 0.4) is 0 Å². The Morgan fingerprint density at radius 2 is 2.04 bits per heavy atom. The van der Waals surface area contributed by atoms with Crippen LogP contribution in [0.2, 0.25) is 0 Å². The number of anilines is 1. The van der Waals surface area contributed by atoms with Crippen LogP contribution >= 0.6 is 11.8 Å². The molecule has 0 unspecified atom stereocenters. The predicted octanol–water partition coefficient (Wildman–Crippen LogP) is 2.59. The van der Waals surface area contributed by atoms with E-state index in [4.69, 9.17) is 9.15 Å². The molecule has 0 atom stereocenters. The third-order valence-electron chi connectivity index (χ3n) is 3.52. The van der Waals surface area contributed by atoms with Gasteiger partial charge < -0.3 is 19.0 Å². The number of carbonyl (C=O) groups is 2. The summed E-state index contributed by atoms with van der Waals surface area (Å²) in [6.07, 6.45) is 1.56. The molecule has 2 heterocycles. The van der Waals surface area contributed by atoms with E-state index in [0.29, 0.717) is 28.0 Å². The van der Waals surface area contributed by atoms with E-state index in [0.717, 1.165) is 0 Å². The van der Waals surface area contributed by atoms with Crippen LogP contribution in [0, 0.1) is 0 Å². The van der Waals surface area contributed by atoms with Crippen molar-refractivity contribution in [2.45, 2.75) is 5.16 Å². The maximum atomic E-state index is 12.2. The first-order valence-corrected chi connectivity index (χ1v) is 8.62. The number of para-hydroxylation sites is 1. The Hall–Kier alpha value is -3.07. The van der Waals surface area contributed by atoms with Gasteiger partial charge >= 0.3 is 5.97 Å². The van der Waals surface area contributed by atoms with Gasteiger partial charge in [0.2, 0.25) is 5.91 Å². The molecule has 0 fully saturated rings. The van der Waals surface area contributed by atoms with Crippen LogP contribution in [-0.4, -0.2) is 39.5 Å². The molecule has 3 aromatic rings. The van der Waals surface area contributed by atoms with Gasteiger partial charge in [-0.1, -0.05) is 23.9 Å². The second-order valence-corrected chi connectivity index (χ2v) is 6.16. The number of nitrogens with one attached hydrogen (secondary N) is 1. The smallest absolute Gasteiger partial charge is 0.339 e. The lowest BCUT2D eigenvalue weighted by Gasteiger charge is -2.09. The molecule has 0 aliphatic heterocycles. The topological polar surface area (TPSA) is 99.2 Å². The highest BCUT2D eigenvalue weighted by atomic mass is 32.2. The third-order valence-corrected chi connectivity index (χ3v) is 4.54. The van der Waals surface area contributed by atoms with E-state index in [-0.39, 0.29) is 11.7 Å². The molecule has 0 aliphatic carbocycles. The summed E-state index contributed by atoms with van der Waals surface area (Å²) in [4.78, 5) is 24.0. The molecular weight excluding hydrogens is 356 g/mol. The first-order chi connectivity index (χ1) is 12.6. The summed E-state index contributed by atoms with van der Waals surface area (Å²) < 4.78 is 11.8. The number of hydrogen-bond donors (Lipinski definition) is 1. The van der Waals surface area contributed by atoms with Gasteiger partial charge in [0.1, 0.15) is 0 Å². The number of benzene rings is 1. The van der Waals surface area contributed by atoms with Gasteiger partial charge in [-0.2, -0.15) is 0 Å². The van der Waals surface area contributed by atoms with E-state index in [1.807, 2.05) is 0 Å². The molecule has 1 N–H and O–H groups in total. The number of thioether (sulfide) groups is 1. The minimum Gasteiger partial charge on any atom is -0.465 e. The molecule has 8 nitrogen and oxygen atoms in total. The molecule has 134 valence electrons. The zero-order chi connectivity index (χ0) is 18.5. The zero-order valence-electron chi connectivity index (χ0n) is 14.1. The maximum absolute atomic E-state index is 12.2. The van der Waals surface area contributed by atoms with Gasteiger partial charge in [0.25, 0.3) is 0 Å². The highest BCUT2D eigenvalue weighted by Gasteiger charge is 2.16. The van der Waals surface area contributed by atoms with E-state index < -0.39 is 5.97 Å². The van der Waals surface area contributed by atoms with Crippen LogP contribution in [-0.2, 0) is 16.6 Å². The summed E-state index contributed by atoms with van der Waals surface area (Å²) in [5, 5.41) is 11.4. The van der Waals surface area contributed by atoms with E-state index in [2.05, 4.69) is 15.5 Å². The number of amides is 1.